The second kappa shape index (κ2) is 6.53. The van der Waals surface area contributed by atoms with Gasteiger partial charge in [-0.1, -0.05) is 19.9 Å². The van der Waals surface area contributed by atoms with Crippen LogP contribution in [-0.2, 0) is 4.79 Å². The van der Waals surface area contributed by atoms with E-state index in [-0.39, 0.29) is 11.8 Å². The number of carbonyl (C=O) groups excluding carboxylic acids is 1. The van der Waals surface area contributed by atoms with Crippen LogP contribution in [0.2, 0.25) is 0 Å². The van der Waals surface area contributed by atoms with Crippen LogP contribution >= 0.6 is 0 Å². The predicted molar refractivity (Wildman–Crippen MR) is 82.1 cm³/mol. The highest BCUT2D eigenvalue weighted by molar-refractivity contribution is 5.92. The molecule has 0 fully saturated rings. The Morgan fingerprint density at radius 3 is 2.43 bits per heavy atom. The van der Waals surface area contributed by atoms with Gasteiger partial charge in [0.25, 0.3) is 0 Å². The van der Waals surface area contributed by atoms with E-state index in [0.717, 1.165) is 11.4 Å². The van der Waals surface area contributed by atoms with Gasteiger partial charge in [0.05, 0.1) is 0 Å². The molecule has 5 heteroatoms. The van der Waals surface area contributed by atoms with Crippen molar-refractivity contribution in [2.24, 2.45) is 5.92 Å². The summed E-state index contributed by atoms with van der Waals surface area (Å²) in [5, 5.41) is 14.7. The smallest absolute Gasteiger partial charge is 0.226 e. The summed E-state index contributed by atoms with van der Waals surface area (Å²) in [6.07, 6.45) is 0. The van der Waals surface area contributed by atoms with E-state index in [4.69, 9.17) is 5.26 Å². The van der Waals surface area contributed by atoms with E-state index >= 15 is 0 Å². The zero-order chi connectivity index (χ0) is 15.2. The number of nitrogens with one attached hydrogen (secondary N) is 2. The molecule has 2 aromatic rings. The third-order valence-electron chi connectivity index (χ3n) is 2.81. The first kappa shape index (κ1) is 14.5. The number of aromatic nitrogens is 1. The Bertz CT molecular complexity index is 671. The van der Waals surface area contributed by atoms with E-state index in [2.05, 4.69) is 15.6 Å². The number of anilines is 3. The monoisotopic (exact) mass is 280 g/mol. The molecule has 21 heavy (non-hydrogen) atoms. The second-order valence-corrected chi connectivity index (χ2v) is 4.87. The van der Waals surface area contributed by atoms with E-state index < -0.39 is 0 Å². The normalized spacial score (nSPS) is 10.0. The summed E-state index contributed by atoms with van der Waals surface area (Å²) >= 11 is 0. The van der Waals surface area contributed by atoms with Gasteiger partial charge in [-0.25, -0.2) is 4.98 Å². The lowest BCUT2D eigenvalue weighted by molar-refractivity contribution is -0.118. The van der Waals surface area contributed by atoms with Crippen LogP contribution in [0.15, 0.2) is 42.5 Å². The van der Waals surface area contributed by atoms with Crippen LogP contribution in [0.5, 0.6) is 0 Å². The van der Waals surface area contributed by atoms with Gasteiger partial charge >= 0.3 is 0 Å². The first-order chi connectivity index (χ1) is 10.1. The molecule has 0 spiro atoms. The fourth-order valence-corrected chi connectivity index (χ4v) is 1.64. The fourth-order valence-electron chi connectivity index (χ4n) is 1.64. The second-order valence-electron chi connectivity index (χ2n) is 4.87. The predicted octanol–water partition coefficient (Wildman–Crippen LogP) is 3.29. The standard InChI is InChI=1S/C16H16N4O/c1-11(2)16(21)20-13-8-6-12(7-9-13)18-15-5-3-4-14(10-17)19-15/h3-9,11H,1-2H3,(H,18,19)(H,20,21). The molecular weight excluding hydrogens is 264 g/mol. The van der Waals surface area contributed by atoms with Gasteiger partial charge in [-0.05, 0) is 36.4 Å². The minimum Gasteiger partial charge on any atom is -0.340 e. The lowest BCUT2D eigenvalue weighted by Gasteiger charge is -2.09. The Hall–Kier alpha value is -2.87. The van der Waals surface area contributed by atoms with Crippen molar-refractivity contribution in [2.45, 2.75) is 13.8 Å². The Kier molecular flexibility index (Phi) is 4.52. The molecule has 0 bridgehead atoms. The zero-order valence-corrected chi connectivity index (χ0v) is 11.9. The third kappa shape index (κ3) is 4.05. The highest BCUT2D eigenvalue weighted by Crippen LogP contribution is 2.18. The fraction of sp³-hybridized carbons (Fsp3) is 0.188. The minimum atomic E-state index is -0.0549. The molecule has 5 nitrogen and oxygen atoms in total. The van der Waals surface area contributed by atoms with E-state index in [0.29, 0.717) is 11.5 Å². The summed E-state index contributed by atoms with van der Waals surface area (Å²) in [6, 6.07) is 14.5. The van der Waals surface area contributed by atoms with Gasteiger partial charge in [0.1, 0.15) is 17.6 Å². The van der Waals surface area contributed by atoms with Crippen molar-refractivity contribution in [3.05, 3.63) is 48.2 Å². The number of nitriles is 1. The summed E-state index contributed by atoms with van der Waals surface area (Å²) < 4.78 is 0. The molecule has 1 heterocycles. The van der Waals surface area contributed by atoms with Gasteiger partial charge in [0.2, 0.25) is 5.91 Å². The molecule has 0 aliphatic heterocycles. The van der Waals surface area contributed by atoms with Crippen LogP contribution in [0, 0.1) is 17.2 Å². The highest BCUT2D eigenvalue weighted by Gasteiger charge is 2.06. The molecule has 106 valence electrons. The van der Waals surface area contributed by atoms with Crippen LogP contribution in [0.3, 0.4) is 0 Å². The molecule has 0 atom stereocenters. The minimum absolute atomic E-state index is 0.0147. The molecule has 0 aliphatic rings. The van der Waals surface area contributed by atoms with Crippen molar-refractivity contribution in [3.63, 3.8) is 0 Å². The highest BCUT2D eigenvalue weighted by atomic mass is 16.1. The molecule has 0 aliphatic carbocycles. The molecular formula is C16H16N4O. The number of hydrogen-bond acceptors (Lipinski definition) is 4. The van der Waals surface area contributed by atoms with Crippen molar-refractivity contribution < 1.29 is 4.79 Å². The van der Waals surface area contributed by atoms with Gasteiger partial charge < -0.3 is 10.6 Å². The van der Waals surface area contributed by atoms with Crippen LogP contribution in [0.25, 0.3) is 0 Å². The van der Waals surface area contributed by atoms with Crippen LogP contribution in [0.1, 0.15) is 19.5 Å². The molecule has 1 aromatic carbocycles. The van der Waals surface area contributed by atoms with Crippen molar-refractivity contribution in [1.29, 1.82) is 5.26 Å². The maximum absolute atomic E-state index is 11.6. The maximum Gasteiger partial charge on any atom is 0.226 e. The number of amides is 1. The average molecular weight is 280 g/mol. The SMILES string of the molecule is CC(C)C(=O)Nc1ccc(Nc2cccc(C#N)n2)cc1. The molecule has 1 amide bonds. The van der Waals surface area contributed by atoms with E-state index in [1.54, 1.807) is 18.2 Å². The molecule has 2 N–H and O–H groups in total. The quantitative estimate of drug-likeness (QED) is 0.900. The Labute approximate surface area is 123 Å². The van der Waals surface area contributed by atoms with E-state index in [1.165, 1.54) is 0 Å². The molecule has 0 radical (unpaired) electrons. The van der Waals surface area contributed by atoms with Crippen molar-refractivity contribution in [1.82, 2.24) is 4.98 Å². The van der Waals surface area contributed by atoms with Gasteiger partial charge in [0, 0.05) is 17.3 Å². The topological polar surface area (TPSA) is 77.8 Å². The van der Waals surface area contributed by atoms with Gasteiger partial charge in [-0.15, -0.1) is 0 Å². The molecule has 0 unspecified atom stereocenters. The number of carbonyl (C=O) groups is 1. The van der Waals surface area contributed by atoms with Crippen LogP contribution < -0.4 is 10.6 Å². The average Bonchev–Trinajstić information content (AvgIpc) is 2.49. The lowest BCUT2D eigenvalue weighted by atomic mass is 10.2. The van der Waals surface area contributed by atoms with E-state index in [1.807, 2.05) is 44.2 Å². The molecule has 0 saturated carbocycles. The lowest BCUT2D eigenvalue weighted by Crippen LogP contribution is -2.17. The Morgan fingerprint density at radius 2 is 1.81 bits per heavy atom. The number of nitrogens with zero attached hydrogens (tertiary/aromatic N) is 2. The number of hydrogen-bond donors (Lipinski definition) is 2. The summed E-state index contributed by atoms with van der Waals surface area (Å²) in [4.78, 5) is 15.7. The third-order valence-corrected chi connectivity index (χ3v) is 2.81. The van der Waals surface area contributed by atoms with Crippen molar-refractivity contribution >= 4 is 23.1 Å². The van der Waals surface area contributed by atoms with Crippen molar-refractivity contribution in [3.8, 4) is 6.07 Å². The number of rotatable bonds is 4. The molecule has 1 aromatic heterocycles. The number of pyridine rings is 1. The molecule has 0 saturated heterocycles. The van der Waals surface area contributed by atoms with Crippen molar-refractivity contribution in [2.75, 3.05) is 10.6 Å². The summed E-state index contributed by atoms with van der Waals surface area (Å²) in [6.45, 7) is 3.69. The van der Waals surface area contributed by atoms with Gasteiger partial charge in [0.15, 0.2) is 0 Å². The first-order valence-corrected chi connectivity index (χ1v) is 6.63. The summed E-state index contributed by atoms with van der Waals surface area (Å²) in [5.74, 6) is 0.535. The summed E-state index contributed by atoms with van der Waals surface area (Å²) in [7, 11) is 0. The van der Waals surface area contributed by atoms with E-state index in [9.17, 15) is 4.79 Å². The summed E-state index contributed by atoms with van der Waals surface area (Å²) in [5.41, 5.74) is 1.94. The zero-order valence-electron chi connectivity index (χ0n) is 11.9. The molecule has 2 rings (SSSR count). The Morgan fingerprint density at radius 1 is 1.14 bits per heavy atom. The largest absolute Gasteiger partial charge is 0.340 e. The van der Waals surface area contributed by atoms with Crippen LogP contribution in [-0.4, -0.2) is 10.9 Å². The van der Waals surface area contributed by atoms with Gasteiger partial charge in [-0.2, -0.15) is 5.26 Å². The first-order valence-electron chi connectivity index (χ1n) is 6.63. The number of benzene rings is 1. The Balaban J connectivity index is 2.05. The van der Waals surface area contributed by atoms with Gasteiger partial charge in [-0.3, -0.25) is 4.79 Å². The van der Waals surface area contributed by atoms with Crippen LogP contribution in [0.4, 0.5) is 17.2 Å². The maximum atomic E-state index is 11.6.